The third-order valence-electron chi connectivity index (χ3n) is 10.1. The lowest BCUT2D eigenvalue weighted by Gasteiger charge is -2.50. The first-order valence-corrected chi connectivity index (χ1v) is 15.8. The fraction of sp³-hybridized carbons (Fsp3) is 0.618. The lowest BCUT2D eigenvalue weighted by Crippen LogP contribution is -2.60. The molecule has 2 saturated heterocycles. The third-order valence-corrected chi connectivity index (χ3v) is 10.1. The van der Waals surface area contributed by atoms with Crippen molar-refractivity contribution in [1.29, 1.82) is 0 Å². The fourth-order valence-corrected chi connectivity index (χ4v) is 7.07. The van der Waals surface area contributed by atoms with Gasteiger partial charge in [0, 0.05) is 55.8 Å². The number of aliphatic hydroxyl groups excluding tert-OH is 1. The van der Waals surface area contributed by atoms with Crippen LogP contribution in [0.5, 0.6) is 0 Å². The summed E-state index contributed by atoms with van der Waals surface area (Å²) in [5.41, 5.74) is -0.417. The molecule has 5 rings (SSSR count). The van der Waals surface area contributed by atoms with Crippen LogP contribution in [0.3, 0.4) is 0 Å². The molecule has 2 aliphatic heterocycles. The van der Waals surface area contributed by atoms with E-state index in [1.54, 1.807) is 11.1 Å². The molecule has 0 radical (unpaired) electrons. The van der Waals surface area contributed by atoms with Crippen molar-refractivity contribution >= 4 is 11.8 Å². The van der Waals surface area contributed by atoms with Gasteiger partial charge in [0.05, 0.1) is 23.8 Å². The van der Waals surface area contributed by atoms with E-state index >= 15 is 0 Å². The van der Waals surface area contributed by atoms with Gasteiger partial charge in [-0.1, -0.05) is 76.3 Å². The van der Waals surface area contributed by atoms with Crippen LogP contribution in [0.2, 0.25) is 0 Å². The Labute approximate surface area is 249 Å². The summed E-state index contributed by atoms with van der Waals surface area (Å²) in [6, 6.07) is 10.9. The molecule has 1 aromatic heterocycles. The minimum Gasteiger partial charge on any atom is -0.393 e. The Morgan fingerprint density at radius 1 is 0.952 bits per heavy atom. The molecule has 1 aliphatic carbocycles. The quantitative estimate of drug-likeness (QED) is 0.506. The predicted molar refractivity (Wildman–Crippen MR) is 163 cm³/mol. The SMILES string of the molecule is CC1(C)CN(C(=O)CCC2CCCCC2)CCC1(O)Cn1cc(C(=O)N2CCC(O)CC2)c(-c2ccccc2)cc1=O. The number of hydrogen-bond donors (Lipinski definition) is 2. The maximum Gasteiger partial charge on any atom is 0.255 e. The van der Waals surface area contributed by atoms with Crippen molar-refractivity contribution in [3.05, 3.63) is 58.5 Å². The smallest absolute Gasteiger partial charge is 0.255 e. The van der Waals surface area contributed by atoms with Gasteiger partial charge in [0.1, 0.15) is 0 Å². The molecule has 3 heterocycles. The largest absolute Gasteiger partial charge is 0.393 e. The first kappa shape index (κ1) is 30.5. The van der Waals surface area contributed by atoms with Gasteiger partial charge >= 0.3 is 0 Å². The minimum atomic E-state index is -1.24. The highest BCUT2D eigenvalue weighted by Crippen LogP contribution is 2.40. The minimum absolute atomic E-state index is 0.0387. The maximum atomic E-state index is 13.8. The first-order valence-electron chi connectivity index (χ1n) is 15.8. The number of hydrogen-bond acceptors (Lipinski definition) is 5. The standard InChI is InChI=1S/C34H47N3O5/c1-33(2)23-36(30(39)14-13-25-9-5-3-6-10-25)20-17-34(33,42)24-37-22-29(32(41)35-18-15-27(38)16-19-35)28(21-31(37)40)26-11-7-4-8-12-26/h4,7-8,11-12,21-22,25,27,38,42H,3,5-6,9-10,13-20,23-24H2,1-2H3. The summed E-state index contributed by atoms with van der Waals surface area (Å²) < 4.78 is 1.47. The molecule has 42 heavy (non-hydrogen) atoms. The van der Waals surface area contributed by atoms with E-state index in [2.05, 4.69) is 0 Å². The van der Waals surface area contributed by atoms with Crippen molar-refractivity contribution in [2.75, 3.05) is 26.2 Å². The van der Waals surface area contributed by atoms with Gasteiger partial charge in [-0.15, -0.1) is 0 Å². The van der Waals surface area contributed by atoms with Crippen LogP contribution in [0.15, 0.2) is 47.4 Å². The Morgan fingerprint density at radius 3 is 2.31 bits per heavy atom. The summed E-state index contributed by atoms with van der Waals surface area (Å²) in [4.78, 5) is 44.0. The fourth-order valence-electron chi connectivity index (χ4n) is 7.07. The van der Waals surface area contributed by atoms with E-state index in [0.717, 1.165) is 12.0 Å². The molecular formula is C34H47N3O5. The van der Waals surface area contributed by atoms with Gasteiger partial charge in [0.2, 0.25) is 5.91 Å². The Kier molecular flexibility index (Phi) is 9.23. The molecule has 8 nitrogen and oxygen atoms in total. The molecule has 2 amide bonds. The van der Waals surface area contributed by atoms with Gasteiger partial charge in [-0.25, -0.2) is 0 Å². The number of aromatic nitrogens is 1. The Bertz CT molecular complexity index is 1310. The van der Waals surface area contributed by atoms with Crippen molar-refractivity contribution < 1.29 is 19.8 Å². The molecule has 228 valence electrons. The average Bonchev–Trinajstić information content (AvgIpc) is 2.99. The zero-order valence-corrected chi connectivity index (χ0v) is 25.3. The summed E-state index contributed by atoms with van der Waals surface area (Å²) >= 11 is 0. The molecule has 8 heteroatoms. The molecule has 1 atom stereocenters. The van der Waals surface area contributed by atoms with Crippen LogP contribution in [-0.4, -0.2) is 74.3 Å². The van der Waals surface area contributed by atoms with E-state index in [1.807, 2.05) is 49.1 Å². The van der Waals surface area contributed by atoms with Gasteiger partial charge in [0.25, 0.3) is 11.5 Å². The van der Waals surface area contributed by atoms with Crippen LogP contribution in [0.4, 0.5) is 0 Å². The van der Waals surface area contributed by atoms with Crippen LogP contribution < -0.4 is 5.56 Å². The molecule has 0 bridgehead atoms. The zero-order chi connectivity index (χ0) is 29.9. The Balaban J connectivity index is 1.35. The topological polar surface area (TPSA) is 103 Å². The van der Waals surface area contributed by atoms with Crippen LogP contribution in [0.25, 0.3) is 11.1 Å². The molecule has 3 aliphatic rings. The molecule has 1 aromatic carbocycles. The maximum absolute atomic E-state index is 13.8. The normalized spacial score (nSPS) is 23.6. The number of rotatable bonds is 7. The lowest BCUT2D eigenvalue weighted by molar-refractivity contribution is -0.154. The highest BCUT2D eigenvalue weighted by atomic mass is 16.3. The van der Waals surface area contributed by atoms with Crippen LogP contribution in [0, 0.1) is 11.3 Å². The monoisotopic (exact) mass is 577 g/mol. The molecule has 3 fully saturated rings. The number of carbonyl (C=O) groups excluding carboxylic acids is 2. The van der Waals surface area contributed by atoms with E-state index in [-0.39, 0.29) is 23.9 Å². The average molecular weight is 578 g/mol. The van der Waals surface area contributed by atoms with Crippen LogP contribution in [-0.2, 0) is 11.3 Å². The number of pyridine rings is 1. The second-order valence-corrected chi connectivity index (χ2v) is 13.5. The second kappa shape index (κ2) is 12.7. The predicted octanol–water partition coefficient (Wildman–Crippen LogP) is 4.46. The number of nitrogens with zero attached hydrogens (tertiary/aromatic N) is 3. The van der Waals surface area contributed by atoms with Gasteiger partial charge in [0.15, 0.2) is 0 Å². The highest BCUT2D eigenvalue weighted by molar-refractivity contribution is 6.00. The van der Waals surface area contributed by atoms with Crippen molar-refractivity contribution in [2.24, 2.45) is 11.3 Å². The summed E-state index contributed by atoms with van der Waals surface area (Å²) in [5.74, 6) is 0.619. The van der Waals surface area contributed by atoms with E-state index in [0.29, 0.717) is 68.9 Å². The van der Waals surface area contributed by atoms with Gasteiger partial charge < -0.3 is 24.6 Å². The summed E-state index contributed by atoms with van der Waals surface area (Å²) in [6.07, 6.45) is 10.4. The first-order chi connectivity index (χ1) is 20.1. The van der Waals surface area contributed by atoms with E-state index in [9.17, 15) is 24.6 Å². The van der Waals surface area contributed by atoms with Crippen molar-refractivity contribution in [3.8, 4) is 11.1 Å². The molecule has 1 unspecified atom stereocenters. The number of carbonyl (C=O) groups is 2. The third kappa shape index (κ3) is 6.65. The molecular weight excluding hydrogens is 530 g/mol. The highest BCUT2D eigenvalue weighted by Gasteiger charge is 2.49. The van der Waals surface area contributed by atoms with Crippen LogP contribution in [0.1, 0.15) is 88.4 Å². The molecule has 2 N–H and O–H groups in total. The number of likely N-dealkylation sites (tertiary alicyclic amines) is 2. The van der Waals surface area contributed by atoms with Crippen molar-refractivity contribution in [2.45, 2.75) is 96.3 Å². The zero-order valence-electron chi connectivity index (χ0n) is 25.3. The summed E-state index contributed by atoms with van der Waals surface area (Å²) in [7, 11) is 0. The van der Waals surface area contributed by atoms with Gasteiger partial charge in [-0.2, -0.15) is 0 Å². The van der Waals surface area contributed by atoms with E-state index < -0.39 is 17.1 Å². The number of benzene rings is 1. The second-order valence-electron chi connectivity index (χ2n) is 13.5. The molecule has 0 spiro atoms. The summed E-state index contributed by atoms with van der Waals surface area (Å²) in [6.45, 7) is 5.74. The van der Waals surface area contributed by atoms with Gasteiger partial charge in [-0.05, 0) is 37.2 Å². The van der Waals surface area contributed by atoms with Crippen molar-refractivity contribution in [3.63, 3.8) is 0 Å². The number of aliphatic hydroxyl groups is 2. The molecule has 1 saturated carbocycles. The number of amides is 2. The number of piperidine rings is 2. The Hall–Kier alpha value is -2.97. The van der Waals surface area contributed by atoms with E-state index in [1.165, 1.54) is 42.7 Å². The lowest BCUT2D eigenvalue weighted by atomic mass is 9.69. The summed E-state index contributed by atoms with van der Waals surface area (Å²) in [5, 5.41) is 21.9. The van der Waals surface area contributed by atoms with Crippen molar-refractivity contribution in [1.82, 2.24) is 14.4 Å². The Morgan fingerprint density at radius 2 is 1.64 bits per heavy atom. The van der Waals surface area contributed by atoms with Crippen LogP contribution >= 0.6 is 0 Å². The van der Waals surface area contributed by atoms with Gasteiger partial charge in [-0.3, -0.25) is 14.4 Å². The molecule has 2 aromatic rings. The van der Waals surface area contributed by atoms with E-state index in [4.69, 9.17) is 0 Å².